The molecule has 0 fully saturated rings. The number of alkyl halides is 1. The van der Waals surface area contributed by atoms with Gasteiger partial charge < -0.3 is 4.74 Å². The number of carbonyl (C=O) groups is 1. The van der Waals surface area contributed by atoms with Gasteiger partial charge in [0.05, 0.1) is 5.88 Å². The van der Waals surface area contributed by atoms with E-state index in [1.165, 1.54) is 0 Å². The van der Waals surface area contributed by atoms with E-state index in [-0.39, 0.29) is 5.78 Å². The van der Waals surface area contributed by atoms with E-state index in [4.69, 9.17) is 16.3 Å². The van der Waals surface area contributed by atoms with Gasteiger partial charge in [-0.2, -0.15) is 0 Å². The molecular formula is C17H15ClO2. The average Bonchev–Trinajstić information content (AvgIpc) is 2.52. The first-order valence-corrected chi connectivity index (χ1v) is 6.89. The van der Waals surface area contributed by atoms with E-state index in [0.717, 1.165) is 11.3 Å². The van der Waals surface area contributed by atoms with Crippen LogP contribution in [0.5, 0.6) is 5.75 Å². The molecule has 0 amide bonds. The molecule has 0 bridgehead atoms. The molecule has 0 N–H and O–H groups in total. The predicted molar refractivity (Wildman–Crippen MR) is 82.5 cm³/mol. The maximum Gasteiger partial charge on any atom is 0.185 e. The van der Waals surface area contributed by atoms with Gasteiger partial charge in [-0.3, -0.25) is 4.79 Å². The van der Waals surface area contributed by atoms with E-state index in [1.807, 2.05) is 42.5 Å². The Bertz CT molecular complexity index is 574. The molecular weight excluding hydrogens is 272 g/mol. The Morgan fingerprint density at radius 1 is 1.05 bits per heavy atom. The molecule has 0 saturated heterocycles. The van der Waals surface area contributed by atoms with Crippen LogP contribution in [0.1, 0.15) is 15.9 Å². The van der Waals surface area contributed by atoms with Gasteiger partial charge in [-0.25, -0.2) is 0 Å². The minimum Gasteiger partial charge on any atom is -0.492 e. The molecule has 2 aromatic carbocycles. The molecule has 2 rings (SSSR count). The highest BCUT2D eigenvalue weighted by molar-refractivity contribution is 6.18. The summed E-state index contributed by atoms with van der Waals surface area (Å²) in [5.74, 6) is 1.23. The number of ether oxygens (including phenoxy) is 1. The molecule has 3 heteroatoms. The molecule has 0 spiro atoms. The second kappa shape index (κ2) is 7.51. The van der Waals surface area contributed by atoms with Crippen molar-refractivity contribution in [3.63, 3.8) is 0 Å². The van der Waals surface area contributed by atoms with Crippen molar-refractivity contribution in [2.75, 3.05) is 12.5 Å². The molecule has 2 aromatic rings. The third-order valence-electron chi connectivity index (χ3n) is 2.71. The lowest BCUT2D eigenvalue weighted by Gasteiger charge is -2.03. The van der Waals surface area contributed by atoms with Crippen LogP contribution in [0.3, 0.4) is 0 Å². The first kappa shape index (κ1) is 14.4. The number of carbonyl (C=O) groups excluding carboxylic acids is 1. The molecule has 0 aliphatic carbocycles. The second-order valence-corrected chi connectivity index (χ2v) is 4.55. The summed E-state index contributed by atoms with van der Waals surface area (Å²) in [6.07, 6.45) is 3.37. The van der Waals surface area contributed by atoms with Crippen molar-refractivity contribution in [1.82, 2.24) is 0 Å². The Balaban J connectivity index is 1.99. The monoisotopic (exact) mass is 286 g/mol. The van der Waals surface area contributed by atoms with Crippen molar-refractivity contribution < 1.29 is 9.53 Å². The lowest BCUT2D eigenvalue weighted by atomic mass is 10.1. The summed E-state index contributed by atoms with van der Waals surface area (Å²) in [5.41, 5.74) is 1.64. The van der Waals surface area contributed by atoms with Crippen LogP contribution in [0.2, 0.25) is 0 Å². The van der Waals surface area contributed by atoms with Crippen LogP contribution in [0.4, 0.5) is 0 Å². The van der Waals surface area contributed by atoms with Crippen LogP contribution in [0, 0.1) is 0 Å². The minimum absolute atomic E-state index is 0.00642. The highest BCUT2D eigenvalue weighted by Crippen LogP contribution is 2.13. The van der Waals surface area contributed by atoms with Gasteiger partial charge in [0, 0.05) is 5.56 Å². The number of hydrogen-bond donors (Lipinski definition) is 0. The Morgan fingerprint density at radius 3 is 2.40 bits per heavy atom. The maximum absolute atomic E-state index is 11.9. The van der Waals surface area contributed by atoms with Crippen LogP contribution >= 0.6 is 11.6 Å². The Morgan fingerprint density at radius 2 is 1.75 bits per heavy atom. The van der Waals surface area contributed by atoms with Crippen LogP contribution in [-0.2, 0) is 0 Å². The van der Waals surface area contributed by atoms with Gasteiger partial charge >= 0.3 is 0 Å². The van der Waals surface area contributed by atoms with Crippen molar-refractivity contribution >= 4 is 23.5 Å². The van der Waals surface area contributed by atoms with Gasteiger partial charge in [0.25, 0.3) is 0 Å². The molecule has 0 radical (unpaired) electrons. The van der Waals surface area contributed by atoms with Crippen molar-refractivity contribution in [3.8, 4) is 5.75 Å². The molecule has 0 aliphatic heterocycles. The van der Waals surface area contributed by atoms with E-state index in [9.17, 15) is 4.79 Å². The number of hydrogen-bond acceptors (Lipinski definition) is 2. The molecule has 20 heavy (non-hydrogen) atoms. The van der Waals surface area contributed by atoms with Gasteiger partial charge in [-0.1, -0.05) is 48.5 Å². The maximum atomic E-state index is 11.9. The summed E-state index contributed by atoms with van der Waals surface area (Å²) < 4.78 is 5.38. The van der Waals surface area contributed by atoms with Crippen molar-refractivity contribution in [2.24, 2.45) is 0 Å². The number of allylic oxidation sites excluding steroid dienone is 1. The van der Waals surface area contributed by atoms with E-state index < -0.39 is 0 Å². The average molecular weight is 287 g/mol. The van der Waals surface area contributed by atoms with E-state index in [2.05, 4.69) is 0 Å². The quantitative estimate of drug-likeness (QED) is 0.452. The van der Waals surface area contributed by atoms with Crippen LogP contribution in [-0.4, -0.2) is 18.3 Å². The predicted octanol–water partition coefficient (Wildman–Crippen LogP) is 4.20. The molecule has 0 aliphatic rings. The van der Waals surface area contributed by atoms with Gasteiger partial charge in [0.15, 0.2) is 5.78 Å². The third kappa shape index (κ3) is 4.25. The summed E-state index contributed by atoms with van der Waals surface area (Å²) in [5, 5.41) is 0. The molecule has 0 unspecified atom stereocenters. The van der Waals surface area contributed by atoms with E-state index in [1.54, 1.807) is 24.3 Å². The number of benzene rings is 2. The first-order valence-electron chi connectivity index (χ1n) is 6.36. The fourth-order valence-corrected chi connectivity index (χ4v) is 1.78. The van der Waals surface area contributed by atoms with Crippen molar-refractivity contribution in [2.45, 2.75) is 0 Å². The zero-order valence-corrected chi connectivity index (χ0v) is 11.7. The fraction of sp³-hybridized carbons (Fsp3) is 0.118. The van der Waals surface area contributed by atoms with Gasteiger partial charge in [-0.05, 0) is 23.8 Å². The van der Waals surface area contributed by atoms with Gasteiger partial charge in [-0.15, -0.1) is 11.6 Å². The van der Waals surface area contributed by atoms with Crippen LogP contribution in [0.15, 0.2) is 60.7 Å². The zero-order chi connectivity index (χ0) is 14.2. The first-order chi connectivity index (χ1) is 9.79. The third-order valence-corrected chi connectivity index (χ3v) is 2.87. The minimum atomic E-state index is -0.00642. The molecule has 0 atom stereocenters. The Hall–Kier alpha value is -2.06. The number of rotatable bonds is 6. The number of ketones is 1. The van der Waals surface area contributed by atoms with Crippen LogP contribution < -0.4 is 4.74 Å². The van der Waals surface area contributed by atoms with Crippen molar-refractivity contribution in [1.29, 1.82) is 0 Å². The smallest absolute Gasteiger partial charge is 0.185 e. The molecule has 2 nitrogen and oxygen atoms in total. The second-order valence-electron chi connectivity index (χ2n) is 4.17. The lowest BCUT2D eigenvalue weighted by molar-refractivity contribution is 0.104. The molecule has 0 heterocycles. The Kier molecular flexibility index (Phi) is 5.39. The van der Waals surface area contributed by atoms with E-state index in [0.29, 0.717) is 18.1 Å². The topological polar surface area (TPSA) is 26.3 Å². The molecule has 102 valence electrons. The molecule has 0 saturated carbocycles. The molecule has 0 aromatic heterocycles. The number of halogens is 1. The van der Waals surface area contributed by atoms with E-state index >= 15 is 0 Å². The van der Waals surface area contributed by atoms with Gasteiger partial charge in [0.2, 0.25) is 0 Å². The largest absolute Gasteiger partial charge is 0.492 e. The van der Waals surface area contributed by atoms with Crippen LogP contribution in [0.25, 0.3) is 6.08 Å². The fourth-order valence-electron chi connectivity index (χ4n) is 1.70. The summed E-state index contributed by atoms with van der Waals surface area (Å²) >= 11 is 5.55. The summed E-state index contributed by atoms with van der Waals surface area (Å²) in [7, 11) is 0. The lowest BCUT2D eigenvalue weighted by Crippen LogP contribution is -1.97. The SMILES string of the molecule is O=C(/C=C\c1ccc(OCCCl)cc1)c1ccccc1. The Labute approximate surface area is 123 Å². The summed E-state index contributed by atoms with van der Waals surface area (Å²) in [6, 6.07) is 16.7. The summed E-state index contributed by atoms with van der Waals surface area (Å²) in [6.45, 7) is 0.489. The highest BCUT2D eigenvalue weighted by Gasteiger charge is 1.99. The summed E-state index contributed by atoms with van der Waals surface area (Å²) in [4.78, 5) is 11.9. The zero-order valence-electron chi connectivity index (χ0n) is 11.0. The van der Waals surface area contributed by atoms with Crippen molar-refractivity contribution in [3.05, 3.63) is 71.8 Å². The highest BCUT2D eigenvalue weighted by atomic mass is 35.5. The van der Waals surface area contributed by atoms with Gasteiger partial charge in [0.1, 0.15) is 12.4 Å². The normalized spacial score (nSPS) is 10.7. The standard InChI is InChI=1S/C17H15ClO2/c18-12-13-20-16-9-6-14(7-10-16)8-11-17(19)15-4-2-1-3-5-15/h1-11H,12-13H2/b11-8-.